The first-order valence-electron chi connectivity index (χ1n) is 10.8. The number of carbonyl (C=O) groups excluding carboxylic acids is 2. The van der Waals surface area contributed by atoms with E-state index in [2.05, 4.69) is 15.6 Å². The maximum Gasteiger partial charge on any atom is 0.259 e. The fourth-order valence-electron chi connectivity index (χ4n) is 4.41. The van der Waals surface area contributed by atoms with Crippen LogP contribution in [0.5, 0.6) is 0 Å². The Kier molecular flexibility index (Phi) is 5.39. The molecular weight excluding hydrogens is 438 g/mol. The number of aromatic amines is 1. The van der Waals surface area contributed by atoms with Gasteiger partial charge in [0.05, 0.1) is 12.1 Å². The van der Waals surface area contributed by atoms with Gasteiger partial charge in [-0.3, -0.25) is 19.8 Å². The second-order valence-corrected chi connectivity index (χ2v) is 8.31. The van der Waals surface area contributed by atoms with Gasteiger partial charge in [-0.1, -0.05) is 6.07 Å². The molecule has 10 heteroatoms. The van der Waals surface area contributed by atoms with Crippen molar-refractivity contribution in [2.24, 2.45) is 0 Å². The molecule has 0 radical (unpaired) electrons. The van der Waals surface area contributed by atoms with Crippen LogP contribution in [0.25, 0.3) is 10.9 Å². The largest absolute Gasteiger partial charge is 0.380 e. The molecule has 10 nitrogen and oxygen atoms in total. The molecule has 1 fully saturated rings. The van der Waals surface area contributed by atoms with E-state index in [0.29, 0.717) is 34.8 Å². The van der Waals surface area contributed by atoms with Gasteiger partial charge in [-0.05, 0) is 53.8 Å². The molecule has 2 amide bonds. The third-order valence-corrected chi connectivity index (χ3v) is 6.20. The van der Waals surface area contributed by atoms with E-state index in [1.165, 1.54) is 11.0 Å². The first-order valence-corrected chi connectivity index (χ1v) is 10.8. The summed E-state index contributed by atoms with van der Waals surface area (Å²) >= 11 is 0. The molecule has 3 aromatic rings. The number of hydrogen-bond acceptors (Lipinski definition) is 6. The van der Waals surface area contributed by atoms with E-state index in [4.69, 9.17) is 10.1 Å². The number of aromatic nitrogens is 1. The lowest BCUT2D eigenvalue weighted by Gasteiger charge is -2.35. The fraction of sp³-hybridized carbons (Fsp3) is 0.250. The van der Waals surface area contributed by atoms with E-state index in [0.717, 1.165) is 16.5 Å². The van der Waals surface area contributed by atoms with E-state index in [1.807, 2.05) is 0 Å². The highest BCUT2D eigenvalue weighted by Gasteiger charge is 2.40. The molecule has 3 heterocycles. The normalized spacial score (nSPS) is 18.5. The zero-order chi connectivity index (χ0) is 24.0. The van der Waals surface area contributed by atoms with Crippen molar-refractivity contribution in [3.05, 3.63) is 69.5 Å². The van der Waals surface area contributed by atoms with Gasteiger partial charge in [0.1, 0.15) is 5.84 Å². The molecule has 2 aromatic carbocycles. The topological polar surface area (TPSA) is 148 Å². The number of nitrogens with zero attached hydrogens (tertiary/aromatic N) is 1. The second-order valence-electron chi connectivity index (χ2n) is 8.31. The highest BCUT2D eigenvalue weighted by molar-refractivity contribution is 6.06. The van der Waals surface area contributed by atoms with Crippen LogP contribution in [0.2, 0.25) is 0 Å². The number of nitrogens with one attached hydrogen (secondary N) is 4. The number of ether oxygens (including phenoxy) is 1. The van der Waals surface area contributed by atoms with Gasteiger partial charge < -0.3 is 30.4 Å². The Balaban J connectivity index is 1.36. The molecule has 1 saturated heterocycles. The first-order chi connectivity index (χ1) is 16.3. The summed E-state index contributed by atoms with van der Waals surface area (Å²) in [5, 5.41) is 24.9. The monoisotopic (exact) mass is 461 g/mol. The van der Waals surface area contributed by atoms with Gasteiger partial charge in [0, 0.05) is 36.1 Å². The second kappa shape index (κ2) is 8.40. The lowest BCUT2D eigenvalue weighted by atomic mass is 10.0. The summed E-state index contributed by atoms with van der Waals surface area (Å²) < 4.78 is 5.50. The van der Waals surface area contributed by atoms with Gasteiger partial charge in [0.2, 0.25) is 5.56 Å². The number of aliphatic hydroxyl groups excluding tert-OH is 1. The van der Waals surface area contributed by atoms with E-state index in [-0.39, 0.29) is 18.7 Å². The molecule has 5 N–H and O–H groups in total. The number of carbonyl (C=O) groups is 2. The van der Waals surface area contributed by atoms with Gasteiger partial charge in [-0.15, -0.1) is 0 Å². The molecule has 34 heavy (non-hydrogen) atoms. The van der Waals surface area contributed by atoms with E-state index >= 15 is 0 Å². The van der Waals surface area contributed by atoms with Gasteiger partial charge in [0.15, 0.2) is 12.2 Å². The highest BCUT2D eigenvalue weighted by Crippen LogP contribution is 2.29. The Labute approximate surface area is 194 Å². The number of pyridine rings is 1. The van der Waals surface area contributed by atoms with Crippen LogP contribution in [0.1, 0.15) is 16.7 Å². The van der Waals surface area contributed by atoms with E-state index < -0.39 is 24.0 Å². The highest BCUT2D eigenvalue weighted by atomic mass is 16.5. The van der Waals surface area contributed by atoms with Crippen molar-refractivity contribution in [2.75, 3.05) is 23.4 Å². The van der Waals surface area contributed by atoms with E-state index in [1.54, 1.807) is 43.3 Å². The smallest absolute Gasteiger partial charge is 0.259 e. The van der Waals surface area contributed by atoms with Gasteiger partial charge in [0.25, 0.3) is 11.8 Å². The Morgan fingerprint density at radius 2 is 2.03 bits per heavy atom. The lowest BCUT2D eigenvalue weighted by molar-refractivity contribution is -0.150. The van der Waals surface area contributed by atoms with Crippen LogP contribution in [-0.4, -0.2) is 53.1 Å². The minimum absolute atomic E-state index is 0.135. The number of benzene rings is 2. The minimum atomic E-state index is -1.72. The number of H-pyrrole nitrogens is 1. The summed E-state index contributed by atoms with van der Waals surface area (Å²) in [6.45, 7) is 2.67. The molecule has 0 bridgehead atoms. The molecule has 0 unspecified atom stereocenters. The third kappa shape index (κ3) is 3.72. The summed E-state index contributed by atoms with van der Waals surface area (Å²) in [4.78, 5) is 42.0. The zero-order valence-corrected chi connectivity index (χ0v) is 18.3. The van der Waals surface area contributed by atoms with Gasteiger partial charge in [-0.25, -0.2) is 0 Å². The van der Waals surface area contributed by atoms with Crippen LogP contribution in [-0.2, 0) is 20.9 Å². The summed E-state index contributed by atoms with van der Waals surface area (Å²) in [5.74, 6) is -0.982. The standard InChI is InChI=1S/C24H23N5O5/c1-12-17(6-2-13-3-7-18(30)28-19(12)13)29-8-9-34-21(24(29)33)20(31)23(32)27-15-4-5-16-14(10-15)11-26-22(16)25/h2-7,10,20-21,31H,8-9,11H2,1H3,(H2,25,26)(H,27,32)(H,28,30)/t20-,21-/m1/s1. The molecule has 0 aliphatic carbocycles. The number of amides is 2. The van der Waals surface area contributed by atoms with Crippen molar-refractivity contribution in [1.29, 1.82) is 5.41 Å². The lowest BCUT2D eigenvalue weighted by Crippen LogP contribution is -2.55. The predicted molar refractivity (Wildman–Crippen MR) is 126 cm³/mol. The van der Waals surface area contributed by atoms with Crippen molar-refractivity contribution in [2.45, 2.75) is 25.7 Å². The van der Waals surface area contributed by atoms with Crippen molar-refractivity contribution in [3.63, 3.8) is 0 Å². The summed E-state index contributed by atoms with van der Waals surface area (Å²) in [6.07, 6.45) is -3.09. The van der Waals surface area contributed by atoms with Crippen molar-refractivity contribution < 1.29 is 19.4 Å². The molecule has 1 aromatic heterocycles. The van der Waals surface area contributed by atoms with Crippen LogP contribution in [0.15, 0.2) is 47.3 Å². The quantitative estimate of drug-likeness (QED) is 0.392. The zero-order valence-electron chi connectivity index (χ0n) is 18.3. The Morgan fingerprint density at radius 3 is 2.85 bits per heavy atom. The average Bonchev–Trinajstić information content (AvgIpc) is 3.19. The molecule has 0 spiro atoms. The van der Waals surface area contributed by atoms with Crippen molar-refractivity contribution in [1.82, 2.24) is 10.3 Å². The Morgan fingerprint density at radius 1 is 1.24 bits per heavy atom. The molecule has 2 aliphatic heterocycles. The summed E-state index contributed by atoms with van der Waals surface area (Å²) in [7, 11) is 0. The number of amidine groups is 1. The van der Waals surface area contributed by atoms with Crippen molar-refractivity contribution in [3.8, 4) is 0 Å². The third-order valence-electron chi connectivity index (χ3n) is 6.20. The van der Waals surface area contributed by atoms with Crippen LogP contribution in [0.4, 0.5) is 11.4 Å². The molecular formula is C24H23N5O5. The first kappa shape index (κ1) is 21.8. The molecule has 0 saturated carbocycles. The number of hydrogen-bond donors (Lipinski definition) is 5. The van der Waals surface area contributed by atoms with Crippen molar-refractivity contribution >= 4 is 39.9 Å². The van der Waals surface area contributed by atoms with Gasteiger partial charge in [-0.2, -0.15) is 0 Å². The number of aliphatic hydroxyl groups is 1. The maximum absolute atomic E-state index is 13.2. The van der Waals surface area contributed by atoms with Crippen LogP contribution >= 0.6 is 0 Å². The molecule has 5 rings (SSSR count). The van der Waals surface area contributed by atoms with Crippen LogP contribution < -0.4 is 21.1 Å². The van der Waals surface area contributed by atoms with E-state index in [9.17, 15) is 19.5 Å². The fourth-order valence-corrected chi connectivity index (χ4v) is 4.41. The number of anilines is 2. The Bertz CT molecular complexity index is 1400. The minimum Gasteiger partial charge on any atom is -0.380 e. The summed E-state index contributed by atoms with van der Waals surface area (Å²) in [5.41, 5.74) is 3.73. The number of fused-ring (bicyclic) bond motifs is 2. The average molecular weight is 461 g/mol. The molecule has 174 valence electrons. The number of morpholine rings is 1. The van der Waals surface area contributed by atoms with Crippen LogP contribution in [0, 0.1) is 12.3 Å². The van der Waals surface area contributed by atoms with Crippen LogP contribution in [0.3, 0.4) is 0 Å². The Hall–Kier alpha value is -4.02. The molecule has 2 aliphatic rings. The summed E-state index contributed by atoms with van der Waals surface area (Å²) in [6, 6.07) is 11.8. The maximum atomic E-state index is 13.2. The predicted octanol–water partition coefficient (Wildman–Crippen LogP) is 0.996. The molecule has 2 atom stereocenters. The SMILES string of the molecule is Cc1c(N2CCO[C@H]([C@@H](O)C(=O)Nc3ccc4c(c3)CNC4=N)C2=O)ccc2ccc(=O)[nH]c12. The van der Waals surface area contributed by atoms with Gasteiger partial charge >= 0.3 is 0 Å². The number of aryl methyl sites for hydroxylation is 1. The number of rotatable bonds is 4.